The van der Waals surface area contributed by atoms with Gasteiger partial charge in [0.05, 0.1) is 0 Å². The highest BCUT2D eigenvalue weighted by Gasteiger charge is 2.28. The van der Waals surface area contributed by atoms with Crippen molar-refractivity contribution < 1.29 is 14.0 Å². The van der Waals surface area contributed by atoms with Gasteiger partial charge in [-0.1, -0.05) is 18.2 Å². The van der Waals surface area contributed by atoms with E-state index in [9.17, 15) is 14.0 Å². The molecule has 0 bridgehead atoms. The molecular formula is C22H22FN5O2. The molecule has 1 fully saturated rings. The smallest absolute Gasteiger partial charge is 0.274 e. The van der Waals surface area contributed by atoms with Crippen LogP contribution in [-0.4, -0.2) is 44.6 Å². The van der Waals surface area contributed by atoms with Crippen molar-refractivity contribution >= 4 is 11.8 Å². The van der Waals surface area contributed by atoms with E-state index in [1.807, 2.05) is 12.1 Å². The van der Waals surface area contributed by atoms with E-state index in [-0.39, 0.29) is 23.4 Å². The summed E-state index contributed by atoms with van der Waals surface area (Å²) in [4.78, 5) is 30.9. The summed E-state index contributed by atoms with van der Waals surface area (Å²) >= 11 is 0. The van der Waals surface area contributed by atoms with Gasteiger partial charge in [-0.25, -0.2) is 9.07 Å². The molecule has 0 atom stereocenters. The number of aromatic nitrogens is 3. The van der Waals surface area contributed by atoms with Crippen molar-refractivity contribution in [1.82, 2.24) is 25.0 Å². The maximum atomic E-state index is 13.9. The highest BCUT2D eigenvalue weighted by atomic mass is 19.1. The molecule has 0 spiro atoms. The van der Waals surface area contributed by atoms with Crippen LogP contribution in [0.3, 0.4) is 0 Å². The Bertz CT molecular complexity index is 1030. The van der Waals surface area contributed by atoms with Gasteiger partial charge in [0.1, 0.15) is 11.5 Å². The molecule has 0 aliphatic carbocycles. The Kier molecular flexibility index (Phi) is 5.83. The molecule has 4 rings (SSSR count). The fraction of sp³-hybridized carbons (Fsp3) is 0.273. The summed E-state index contributed by atoms with van der Waals surface area (Å²) in [6.45, 7) is 1.41. The lowest BCUT2D eigenvalue weighted by Crippen LogP contribution is -2.43. The fourth-order valence-electron chi connectivity index (χ4n) is 3.55. The first-order valence-corrected chi connectivity index (χ1v) is 9.88. The lowest BCUT2D eigenvalue weighted by molar-refractivity contribution is -0.126. The number of nitrogens with zero attached hydrogens (tertiary/aromatic N) is 4. The van der Waals surface area contributed by atoms with Crippen molar-refractivity contribution in [3.8, 4) is 5.69 Å². The lowest BCUT2D eigenvalue weighted by atomic mass is 9.95. The molecule has 154 valence electrons. The summed E-state index contributed by atoms with van der Waals surface area (Å²) in [5, 5.41) is 7.17. The molecule has 1 aliphatic rings. The van der Waals surface area contributed by atoms with E-state index in [0.29, 0.717) is 38.2 Å². The predicted molar refractivity (Wildman–Crippen MR) is 108 cm³/mol. The van der Waals surface area contributed by atoms with Crippen LogP contribution in [-0.2, 0) is 11.3 Å². The summed E-state index contributed by atoms with van der Waals surface area (Å²) < 4.78 is 15.3. The highest BCUT2D eigenvalue weighted by molar-refractivity contribution is 5.92. The topological polar surface area (TPSA) is 80.1 Å². The zero-order chi connectivity index (χ0) is 20.9. The van der Waals surface area contributed by atoms with Crippen LogP contribution in [0.25, 0.3) is 5.69 Å². The monoisotopic (exact) mass is 407 g/mol. The molecule has 0 radical (unpaired) electrons. The molecular weight excluding hydrogens is 385 g/mol. The Morgan fingerprint density at radius 2 is 1.90 bits per heavy atom. The number of rotatable bonds is 5. The molecule has 0 saturated carbocycles. The number of benzene rings is 1. The second-order valence-corrected chi connectivity index (χ2v) is 7.24. The fourth-order valence-corrected chi connectivity index (χ4v) is 3.55. The third-order valence-corrected chi connectivity index (χ3v) is 5.25. The van der Waals surface area contributed by atoms with Crippen molar-refractivity contribution in [2.45, 2.75) is 19.4 Å². The zero-order valence-corrected chi connectivity index (χ0v) is 16.4. The highest BCUT2D eigenvalue weighted by Crippen LogP contribution is 2.20. The Morgan fingerprint density at radius 1 is 1.10 bits per heavy atom. The van der Waals surface area contributed by atoms with E-state index in [0.717, 1.165) is 5.56 Å². The largest absolute Gasteiger partial charge is 0.352 e. The number of nitrogens with one attached hydrogen (secondary N) is 1. The van der Waals surface area contributed by atoms with Gasteiger partial charge in [0.15, 0.2) is 5.69 Å². The quantitative estimate of drug-likeness (QED) is 0.705. The van der Waals surface area contributed by atoms with E-state index >= 15 is 0 Å². The van der Waals surface area contributed by atoms with Crippen LogP contribution in [0.2, 0.25) is 0 Å². The van der Waals surface area contributed by atoms with Gasteiger partial charge in [-0.3, -0.25) is 14.6 Å². The van der Waals surface area contributed by atoms with E-state index in [1.165, 1.54) is 10.7 Å². The molecule has 1 saturated heterocycles. The van der Waals surface area contributed by atoms with Gasteiger partial charge in [-0.2, -0.15) is 5.10 Å². The average molecular weight is 407 g/mol. The molecule has 1 aromatic carbocycles. The zero-order valence-electron chi connectivity index (χ0n) is 16.4. The Hall–Kier alpha value is -3.55. The number of para-hydroxylation sites is 1. The summed E-state index contributed by atoms with van der Waals surface area (Å²) in [6.07, 6.45) is 6.18. The number of carbonyl (C=O) groups is 2. The minimum atomic E-state index is -0.405. The molecule has 3 heterocycles. The number of halogens is 1. The van der Waals surface area contributed by atoms with E-state index in [2.05, 4.69) is 15.4 Å². The van der Waals surface area contributed by atoms with Crippen molar-refractivity contribution in [2.75, 3.05) is 13.1 Å². The van der Waals surface area contributed by atoms with Gasteiger partial charge in [0.2, 0.25) is 5.91 Å². The Labute approximate surface area is 173 Å². The third-order valence-electron chi connectivity index (χ3n) is 5.25. The number of carbonyl (C=O) groups excluding carboxylic acids is 2. The second-order valence-electron chi connectivity index (χ2n) is 7.24. The molecule has 7 nitrogen and oxygen atoms in total. The van der Waals surface area contributed by atoms with Crippen molar-refractivity contribution in [1.29, 1.82) is 0 Å². The molecule has 1 N–H and O–H groups in total. The van der Waals surface area contributed by atoms with Gasteiger partial charge < -0.3 is 10.2 Å². The number of hydrogen-bond donors (Lipinski definition) is 1. The minimum absolute atomic E-state index is 0.00483. The minimum Gasteiger partial charge on any atom is -0.352 e. The summed E-state index contributed by atoms with van der Waals surface area (Å²) in [5.74, 6) is -0.742. The summed E-state index contributed by atoms with van der Waals surface area (Å²) in [7, 11) is 0. The Morgan fingerprint density at radius 3 is 2.63 bits per heavy atom. The Balaban J connectivity index is 1.31. The summed E-state index contributed by atoms with van der Waals surface area (Å²) in [5.41, 5.74) is 1.50. The maximum absolute atomic E-state index is 13.9. The molecule has 2 aromatic heterocycles. The van der Waals surface area contributed by atoms with E-state index in [4.69, 9.17) is 0 Å². The second kappa shape index (κ2) is 8.86. The molecule has 8 heteroatoms. The lowest BCUT2D eigenvalue weighted by Gasteiger charge is -2.30. The summed E-state index contributed by atoms with van der Waals surface area (Å²) in [6, 6.07) is 11.6. The first-order valence-electron chi connectivity index (χ1n) is 9.88. The van der Waals surface area contributed by atoms with Crippen molar-refractivity contribution in [3.63, 3.8) is 0 Å². The van der Waals surface area contributed by atoms with Crippen LogP contribution in [0.5, 0.6) is 0 Å². The van der Waals surface area contributed by atoms with Crippen LogP contribution in [0, 0.1) is 11.7 Å². The van der Waals surface area contributed by atoms with Gasteiger partial charge in [-0.05, 0) is 42.7 Å². The number of likely N-dealkylation sites (tertiary alicyclic amines) is 1. The maximum Gasteiger partial charge on any atom is 0.274 e. The average Bonchev–Trinajstić information content (AvgIpc) is 3.28. The van der Waals surface area contributed by atoms with Crippen LogP contribution in [0.4, 0.5) is 4.39 Å². The molecule has 2 amide bonds. The standard InChI is InChI=1S/C22H22FN5O2/c23-18-5-1-2-6-20(18)28-13-9-19(26-28)22(30)27-11-7-17(8-12-27)21(29)25-15-16-4-3-10-24-14-16/h1-6,9-10,13-14,17H,7-8,11-12,15H2,(H,25,29). The van der Waals surface area contributed by atoms with Crippen LogP contribution >= 0.6 is 0 Å². The first-order chi connectivity index (χ1) is 14.6. The van der Waals surface area contributed by atoms with Crippen LogP contribution in [0.15, 0.2) is 61.1 Å². The molecule has 3 aromatic rings. The number of amides is 2. The van der Waals surface area contributed by atoms with Crippen molar-refractivity contribution in [3.05, 3.63) is 78.1 Å². The van der Waals surface area contributed by atoms with Crippen LogP contribution in [0.1, 0.15) is 28.9 Å². The van der Waals surface area contributed by atoms with Gasteiger partial charge in [-0.15, -0.1) is 0 Å². The van der Waals surface area contributed by atoms with E-state index < -0.39 is 5.82 Å². The first kappa shape index (κ1) is 19.8. The molecule has 0 unspecified atom stereocenters. The van der Waals surface area contributed by atoms with Gasteiger partial charge >= 0.3 is 0 Å². The molecule has 1 aliphatic heterocycles. The van der Waals surface area contributed by atoms with E-state index in [1.54, 1.807) is 47.8 Å². The number of hydrogen-bond acceptors (Lipinski definition) is 4. The van der Waals surface area contributed by atoms with Crippen LogP contribution < -0.4 is 5.32 Å². The number of pyridine rings is 1. The normalized spacial score (nSPS) is 14.5. The van der Waals surface area contributed by atoms with Gasteiger partial charge in [0, 0.05) is 44.1 Å². The third kappa shape index (κ3) is 4.37. The SMILES string of the molecule is O=C(NCc1cccnc1)C1CCN(C(=O)c2ccn(-c3ccccc3F)n2)CC1. The predicted octanol–water partition coefficient (Wildman–Crippen LogP) is 2.58. The van der Waals surface area contributed by atoms with Gasteiger partial charge in [0.25, 0.3) is 5.91 Å². The molecule has 30 heavy (non-hydrogen) atoms. The number of piperidine rings is 1. The van der Waals surface area contributed by atoms with Crippen molar-refractivity contribution in [2.24, 2.45) is 5.92 Å².